The molecule has 1 aromatic heterocycles. The third-order valence-corrected chi connectivity index (χ3v) is 2.63. The minimum Gasteiger partial charge on any atom is -0.376 e. The summed E-state index contributed by atoms with van der Waals surface area (Å²) in [6.07, 6.45) is 1.85. The maximum absolute atomic E-state index is 9.18. The molecule has 1 aromatic carbocycles. The predicted molar refractivity (Wildman–Crippen MR) is 58.2 cm³/mol. The van der Waals surface area contributed by atoms with Crippen molar-refractivity contribution in [1.82, 2.24) is 4.57 Å². The standard InChI is InChI=1S/C12H12N2O/c1-9(6-13)11-7-14(8-15)12-5-3-2-4-10(11)12/h2-5,7,9,15H,8H2,1H3. The van der Waals surface area contributed by atoms with Crippen molar-refractivity contribution in [1.29, 1.82) is 5.26 Å². The second kappa shape index (κ2) is 3.76. The smallest absolute Gasteiger partial charge is 0.119 e. The molecule has 0 aliphatic carbocycles. The van der Waals surface area contributed by atoms with E-state index < -0.39 is 0 Å². The molecule has 0 spiro atoms. The quantitative estimate of drug-likeness (QED) is 0.808. The molecule has 0 aliphatic heterocycles. The fourth-order valence-electron chi connectivity index (χ4n) is 1.81. The number of para-hydroxylation sites is 1. The van der Waals surface area contributed by atoms with E-state index in [-0.39, 0.29) is 12.6 Å². The van der Waals surface area contributed by atoms with Crippen molar-refractivity contribution in [2.45, 2.75) is 19.6 Å². The first kappa shape index (κ1) is 9.75. The third kappa shape index (κ3) is 1.49. The Morgan fingerprint density at radius 2 is 2.20 bits per heavy atom. The van der Waals surface area contributed by atoms with E-state index in [2.05, 4.69) is 6.07 Å². The molecule has 3 nitrogen and oxygen atoms in total. The maximum Gasteiger partial charge on any atom is 0.119 e. The van der Waals surface area contributed by atoms with Crippen LogP contribution in [-0.2, 0) is 6.73 Å². The normalized spacial score (nSPS) is 12.6. The van der Waals surface area contributed by atoms with E-state index in [1.165, 1.54) is 0 Å². The van der Waals surface area contributed by atoms with Crippen LogP contribution in [0.3, 0.4) is 0 Å². The van der Waals surface area contributed by atoms with E-state index in [1.807, 2.05) is 37.4 Å². The number of nitrogens with zero attached hydrogens (tertiary/aromatic N) is 2. The van der Waals surface area contributed by atoms with E-state index in [1.54, 1.807) is 4.57 Å². The summed E-state index contributed by atoms with van der Waals surface area (Å²) in [5.74, 6) is -0.150. The van der Waals surface area contributed by atoms with Crippen molar-refractivity contribution in [2.75, 3.05) is 0 Å². The fourth-order valence-corrected chi connectivity index (χ4v) is 1.81. The molecular weight excluding hydrogens is 188 g/mol. The van der Waals surface area contributed by atoms with Gasteiger partial charge in [-0.25, -0.2) is 0 Å². The highest BCUT2D eigenvalue weighted by molar-refractivity contribution is 5.84. The molecule has 76 valence electrons. The number of fused-ring (bicyclic) bond motifs is 1. The first-order valence-electron chi connectivity index (χ1n) is 4.86. The van der Waals surface area contributed by atoms with Gasteiger partial charge in [-0.1, -0.05) is 18.2 Å². The summed E-state index contributed by atoms with van der Waals surface area (Å²) >= 11 is 0. The molecular formula is C12H12N2O. The molecule has 1 atom stereocenters. The summed E-state index contributed by atoms with van der Waals surface area (Å²) in [5, 5.41) is 19.1. The predicted octanol–water partition coefficient (Wildman–Crippen LogP) is 2.22. The molecule has 0 amide bonds. The Balaban J connectivity index is 2.71. The van der Waals surface area contributed by atoms with Crippen LogP contribution in [0, 0.1) is 11.3 Å². The lowest BCUT2D eigenvalue weighted by molar-refractivity contribution is 0.215. The lowest BCUT2D eigenvalue weighted by atomic mass is 10.0. The number of aliphatic hydroxyl groups excluding tert-OH is 1. The SMILES string of the molecule is CC(C#N)c1cn(CO)c2ccccc12. The van der Waals surface area contributed by atoms with Gasteiger partial charge in [0, 0.05) is 11.6 Å². The molecule has 0 bridgehead atoms. The van der Waals surface area contributed by atoms with Gasteiger partial charge in [0.15, 0.2) is 0 Å². The number of aliphatic hydroxyl groups is 1. The van der Waals surface area contributed by atoms with Crippen molar-refractivity contribution in [3.8, 4) is 6.07 Å². The molecule has 1 N–H and O–H groups in total. The second-order valence-electron chi connectivity index (χ2n) is 3.56. The first-order chi connectivity index (χ1) is 7.27. The van der Waals surface area contributed by atoms with Gasteiger partial charge in [0.05, 0.1) is 17.5 Å². The summed E-state index contributed by atoms with van der Waals surface area (Å²) < 4.78 is 1.75. The summed E-state index contributed by atoms with van der Waals surface area (Å²) in [5.41, 5.74) is 1.94. The molecule has 1 heterocycles. The topological polar surface area (TPSA) is 49.0 Å². The number of nitriles is 1. The van der Waals surface area contributed by atoms with Gasteiger partial charge >= 0.3 is 0 Å². The summed E-state index contributed by atoms with van der Waals surface area (Å²) in [6.45, 7) is 1.81. The van der Waals surface area contributed by atoms with E-state index in [9.17, 15) is 5.11 Å². The van der Waals surface area contributed by atoms with E-state index in [4.69, 9.17) is 5.26 Å². The van der Waals surface area contributed by atoms with Gasteiger partial charge in [0.2, 0.25) is 0 Å². The van der Waals surface area contributed by atoms with E-state index >= 15 is 0 Å². The van der Waals surface area contributed by atoms with Crippen LogP contribution in [0.2, 0.25) is 0 Å². The van der Waals surface area contributed by atoms with Crippen molar-refractivity contribution in [3.63, 3.8) is 0 Å². The third-order valence-electron chi connectivity index (χ3n) is 2.63. The van der Waals surface area contributed by atoms with Crippen LogP contribution in [0.25, 0.3) is 10.9 Å². The summed E-state index contributed by atoms with van der Waals surface area (Å²) in [6, 6.07) is 10.0. The minimum absolute atomic E-state index is 0.0569. The molecule has 0 saturated heterocycles. The Morgan fingerprint density at radius 1 is 1.47 bits per heavy atom. The monoisotopic (exact) mass is 200 g/mol. The fraction of sp³-hybridized carbons (Fsp3) is 0.250. The Labute approximate surface area is 88.2 Å². The van der Waals surface area contributed by atoms with Gasteiger partial charge in [-0.15, -0.1) is 0 Å². The molecule has 0 saturated carbocycles. The zero-order valence-corrected chi connectivity index (χ0v) is 8.51. The average Bonchev–Trinajstić information content (AvgIpc) is 2.67. The molecule has 2 rings (SSSR count). The molecule has 15 heavy (non-hydrogen) atoms. The van der Waals surface area contributed by atoms with E-state index in [0.717, 1.165) is 16.5 Å². The van der Waals surface area contributed by atoms with Crippen LogP contribution < -0.4 is 0 Å². The Bertz CT molecular complexity index is 522. The first-order valence-corrected chi connectivity index (χ1v) is 4.86. The number of hydrogen-bond acceptors (Lipinski definition) is 2. The lowest BCUT2D eigenvalue weighted by Gasteiger charge is -1.98. The molecule has 0 radical (unpaired) electrons. The zero-order valence-electron chi connectivity index (χ0n) is 8.51. The Kier molecular flexibility index (Phi) is 2.44. The van der Waals surface area contributed by atoms with Crippen LogP contribution in [0.1, 0.15) is 18.4 Å². The van der Waals surface area contributed by atoms with Gasteiger partial charge in [0.1, 0.15) is 6.73 Å². The highest BCUT2D eigenvalue weighted by Gasteiger charge is 2.12. The highest BCUT2D eigenvalue weighted by Crippen LogP contribution is 2.26. The number of aromatic nitrogens is 1. The van der Waals surface area contributed by atoms with Crippen molar-refractivity contribution >= 4 is 10.9 Å². The summed E-state index contributed by atoms with van der Waals surface area (Å²) in [4.78, 5) is 0. The van der Waals surface area contributed by atoms with Gasteiger partial charge < -0.3 is 9.67 Å². The average molecular weight is 200 g/mol. The van der Waals surface area contributed by atoms with Crippen molar-refractivity contribution in [3.05, 3.63) is 36.0 Å². The number of rotatable bonds is 2. The summed E-state index contributed by atoms with van der Waals surface area (Å²) in [7, 11) is 0. The molecule has 3 heteroatoms. The molecule has 0 fully saturated rings. The minimum atomic E-state index is -0.150. The second-order valence-corrected chi connectivity index (χ2v) is 3.56. The van der Waals surface area contributed by atoms with Gasteiger partial charge in [-0.05, 0) is 18.6 Å². The van der Waals surface area contributed by atoms with Crippen LogP contribution in [0.4, 0.5) is 0 Å². The van der Waals surface area contributed by atoms with Gasteiger partial charge in [-0.3, -0.25) is 0 Å². The van der Waals surface area contributed by atoms with Crippen LogP contribution in [0.15, 0.2) is 30.5 Å². The lowest BCUT2D eigenvalue weighted by Crippen LogP contribution is -1.93. The highest BCUT2D eigenvalue weighted by atomic mass is 16.3. The number of benzene rings is 1. The Morgan fingerprint density at radius 3 is 2.87 bits per heavy atom. The van der Waals surface area contributed by atoms with Crippen LogP contribution in [0.5, 0.6) is 0 Å². The van der Waals surface area contributed by atoms with Crippen LogP contribution >= 0.6 is 0 Å². The molecule has 1 unspecified atom stereocenters. The van der Waals surface area contributed by atoms with Gasteiger partial charge in [0.25, 0.3) is 0 Å². The molecule has 2 aromatic rings. The largest absolute Gasteiger partial charge is 0.376 e. The van der Waals surface area contributed by atoms with Crippen LogP contribution in [-0.4, -0.2) is 9.67 Å². The maximum atomic E-state index is 9.18. The number of hydrogen-bond donors (Lipinski definition) is 1. The van der Waals surface area contributed by atoms with Crippen molar-refractivity contribution in [2.24, 2.45) is 0 Å². The Hall–Kier alpha value is -1.79. The molecule has 0 aliphatic rings. The zero-order chi connectivity index (χ0) is 10.8. The van der Waals surface area contributed by atoms with Gasteiger partial charge in [-0.2, -0.15) is 5.26 Å². The van der Waals surface area contributed by atoms with Crippen molar-refractivity contribution < 1.29 is 5.11 Å². The van der Waals surface area contributed by atoms with E-state index in [0.29, 0.717) is 0 Å².